The Morgan fingerprint density at radius 2 is 1.56 bits per heavy atom. The molecule has 0 atom stereocenters. The zero-order valence-corrected chi connectivity index (χ0v) is 18.2. The Balaban J connectivity index is 1.81. The molecular weight excluding hydrogens is 444 g/mol. The molecule has 1 N–H and O–H groups in total. The summed E-state index contributed by atoms with van der Waals surface area (Å²) in [5, 5.41) is 13.9. The topological polar surface area (TPSA) is 92.6 Å². The minimum absolute atomic E-state index is 0.114. The number of nitrogens with zero attached hydrogens (tertiary/aromatic N) is 2. The SMILES string of the molecule is CC(C)c1ccc(NC2=C(c3ccc([N+](=O)[O-])cc3)C(=O)N(c3cc(F)ccc3F)C2=O)cc1. The third-order valence-corrected chi connectivity index (χ3v) is 5.45. The second kappa shape index (κ2) is 8.86. The number of hydrogen-bond donors (Lipinski definition) is 1. The maximum Gasteiger partial charge on any atom is 0.282 e. The van der Waals surface area contributed by atoms with E-state index in [9.17, 15) is 28.5 Å². The monoisotopic (exact) mass is 463 g/mol. The molecule has 0 spiro atoms. The van der Waals surface area contributed by atoms with Crippen molar-refractivity contribution in [2.75, 3.05) is 10.2 Å². The predicted molar refractivity (Wildman–Crippen MR) is 123 cm³/mol. The number of hydrogen-bond acceptors (Lipinski definition) is 5. The predicted octanol–water partition coefficient (Wildman–Crippen LogP) is 5.39. The second-order valence-electron chi connectivity index (χ2n) is 8.00. The first-order valence-corrected chi connectivity index (χ1v) is 10.4. The third-order valence-electron chi connectivity index (χ3n) is 5.45. The van der Waals surface area contributed by atoms with Crippen LogP contribution in [0.25, 0.3) is 5.57 Å². The molecule has 0 aliphatic carbocycles. The van der Waals surface area contributed by atoms with Crippen LogP contribution in [0.1, 0.15) is 30.9 Å². The molecule has 3 aromatic rings. The van der Waals surface area contributed by atoms with Gasteiger partial charge in [0.1, 0.15) is 17.3 Å². The van der Waals surface area contributed by atoms with E-state index in [0.29, 0.717) is 10.6 Å². The highest BCUT2D eigenvalue weighted by Crippen LogP contribution is 2.35. The van der Waals surface area contributed by atoms with E-state index in [-0.39, 0.29) is 28.4 Å². The fourth-order valence-electron chi connectivity index (χ4n) is 3.63. The molecule has 0 aromatic heterocycles. The normalized spacial score (nSPS) is 13.7. The Bertz CT molecular complexity index is 1330. The van der Waals surface area contributed by atoms with Crippen molar-refractivity contribution in [3.05, 3.63) is 105 Å². The molecule has 2 amide bonds. The number of non-ortho nitro benzene ring substituents is 1. The lowest BCUT2D eigenvalue weighted by molar-refractivity contribution is -0.384. The van der Waals surface area contributed by atoms with Crippen LogP contribution in [0.4, 0.5) is 25.8 Å². The van der Waals surface area contributed by atoms with E-state index in [4.69, 9.17) is 0 Å². The van der Waals surface area contributed by atoms with Gasteiger partial charge in [0.05, 0.1) is 16.2 Å². The van der Waals surface area contributed by atoms with Gasteiger partial charge in [-0.1, -0.05) is 26.0 Å². The van der Waals surface area contributed by atoms with Crippen LogP contribution >= 0.6 is 0 Å². The first-order chi connectivity index (χ1) is 16.2. The number of carbonyl (C=O) groups is 2. The number of rotatable bonds is 6. The number of anilines is 2. The number of imide groups is 1. The van der Waals surface area contributed by atoms with E-state index in [1.807, 2.05) is 26.0 Å². The fraction of sp³-hybridized carbons (Fsp3) is 0.120. The summed E-state index contributed by atoms with van der Waals surface area (Å²) in [6, 6.07) is 14.7. The molecular formula is C25H19F2N3O4. The van der Waals surface area contributed by atoms with Crippen molar-refractivity contribution in [1.82, 2.24) is 0 Å². The Kier molecular flexibility index (Phi) is 5.93. The summed E-state index contributed by atoms with van der Waals surface area (Å²) >= 11 is 0. The molecule has 4 rings (SSSR count). The average Bonchev–Trinajstić information content (AvgIpc) is 3.05. The van der Waals surface area contributed by atoms with Crippen molar-refractivity contribution < 1.29 is 23.3 Å². The van der Waals surface area contributed by atoms with Gasteiger partial charge in [-0.2, -0.15) is 0 Å². The summed E-state index contributed by atoms with van der Waals surface area (Å²) in [5.74, 6) is -3.25. The molecule has 9 heteroatoms. The van der Waals surface area contributed by atoms with Crippen molar-refractivity contribution in [1.29, 1.82) is 0 Å². The summed E-state index contributed by atoms with van der Waals surface area (Å²) in [4.78, 5) is 37.6. The highest BCUT2D eigenvalue weighted by Gasteiger charge is 2.41. The standard InChI is InChI=1S/C25H19F2N3O4/c1-14(2)15-3-8-18(9-4-15)28-23-22(16-5-10-19(11-6-16)30(33)34)24(31)29(25(23)32)21-13-17(26)7-12-20(21)27/h3-14,28H,1-2H3. The molecule has 1 aliphatic heterocycles. The molecule has 0 saturated carbocycles. The van der Waals surface area contributed by atoms with Gasteiger partial charge < -0.3 is 5.32 Å². The van der Waals surface area contributed by atoms with Gasteiger partial charge in [-0.3, -0.25) is 19.7 Å². The van der Waals surface area contributed by atoms with Crippen LogP contribution in [0.2, 0.25) is 0 Å². The van der Waals surface area contributed by atoms with Gasteiger partial charge in [0.25, 0.3) is 17.5 Å². The second-order valence-corrected chi connectivity index (χ2v) is 8.00. The summed E-state index contributed by atoms with van der Waals surface area (Å²) in [6.07, 6.45) is 0. The maximum absolute atomic E-state index is 14.5. The lowest BCUT2D eigenvalue weighted by Crippen LogP contribution is -2.33. The third kappa shape index (κ3) is 4.15. The van der Waals surface area contributed by atoms with Gasteiger partial charge in [0, 0.05) is 23.9 Å². The smallest absolute Gasteiger partial charge is 0.282 e. The van der Waals surface area contributed by atoms with E-state index in [1.165, 1.54) is 24.3 Å². The van der Waals surface area contributed by atoms with Crippen molar-refractivity contribution in [3.63, 3.8) is 0 Å². The molecule has 1 aliphatic rings. The largest absolute Gasteiger partial charge is 0.350 e. The summed E-state index contributed by atoms with van der Waals surface area (Å²) < 4.78 is 28.3. The van der Waals surface area contributed by atoms with E-state index >= 15 is 0 Å². The van der Waals surface area contributed by atoms with Gasteiger partial charge in [0.15, 0.2) is 0 Å². The van der Waals surface area contributed by atoms with Crippen molar-refractivity contribution >= 4 is 34.4 Å². The quantitative estimate of drug-likeness (QED) is 0.301. The number of benzene rings is 3. The first-order valence-electron chi connectivity index (χ1n) is 10.4. The Morgan fingerprint density at radius 3 is 2.15 bits per heavy atom. The Labute approximate surface area is 193 Å². The number of nitro groups is 1. The maximum atomic E-state index is 14.5. The Morgan fingerprint density at radius 1 is 0.912 bits per heavy atom. The van der Waals surface area contributed by atoms with Crippen LogP contribution in [0, 0.1) is 21.7 Å². The number of carbonyl (C=O) groups excluding carboxylic acids is 2. The zero-order chi connectivity index (χ0) is 24.6. The fourth-order valence-corrected chi connectivity index (χ4v) is 3.63. The molecule has 172 valence electrons. The van der Waals surface area contributed by atoms with E-state index in [0.717, 1.165) is 23.8 Å². The minimum atomic E-state index is -0.950. The Hall–Kier alpha value is -4.40. The zero-order valence-electron chi connectivity index (χ0n) is 18.2. The van der Waals surface area contributed by atoms with E-state index in [2.05, 4.69) is 5.32 Å². The van der Waals surface area contributed by atoms with Gasteiger partial charge >= 0.3 is 0 Å². The highest BCUT2D eigenvalue weighted by molar-refractivity contribution is 6.46. The van der Waals surface area contributed by atoms with Crippen molar-refractivity contribution in [2.45, 2.75) is 19.8 Å². The highest BCUT2D eigenvalue weighted by atomic mass is 19.1. The first kappa shape index (κ1) is 22.8. The molecule has 0 bridgehead atoms. The molecule has 0 radical (unpaired) electrons. The molecule has 34 heavy (non-hydrogen) atoms. The van der Waals surface area contributed by atoms with Crippen molar-refractivity contribution in [3.8, 4) is 0 Å². The lowest BCUT2D eigenvalue weighted by Gasteiger charge is -2.16. The minimum Gasteiger partial charge on any atom is -0.350 e. The molecule has 0 fully saturated rings. The molecule has 0 saturated heterocycles. The molecule has 3 aromatic carbocycles. The van der Waals surface area contributed by atoms with E-state index in [1.54, 1.807) is 12.1 Å². The van der Waals surface area contributed by atoms with Gasteiger partial charge in [0.2, 0.25) is 0 Å². The van der Waals surface area contributed by atoms with Crippen molar-refractivity contribution in [2.24, 2.45) is 0 Å². The van der Waals surface area contributed by atoms with Gasteiger partial charge in [-0.25, -0.2) is 13.7 Å². The van der Waals surface area contributed by atoms with Crippen LogP contribution in [0.3, 0.4) is 0 Å². The van der Waals surface area contributed by atoms with Crippen LogP contribution in [0.15, 0.2) is 72.4 Å². The summed E-state index contributed by atoms with van der Waals surface area (Å²) in [5.41, 5.74) is 0.782. The number of halogens is 2. The molecule has 7 nitrogen and oxygen atoms in total. The number of amides is 2. The van der Waals surface area contributed by atoms with Gasteiger partial charge in [-0.15, -0.1) is 0 Å². The van der Waals surface area contributed by atoms with Crippen LogP contribution < -0.4 is 10.2 Å². The van der Waals surface area contributed by atoms with Gasteiger partial charge in [-0.05, 0) is 53.4 Å². The average molecular weight is 463 g/mol. The summed E-state index contributed by atoms with van der Waals surface area (Å²) in [7, 11) is 0. The lowest BCUT2D eigenvalue weighted by atomic mass is 10.0. The molecule has 0 unspecified atom stereocenters. The van der Waals surface area contributed by atoms with Crippen LogP contribution in [-0.2, 0) is 9.59 Å². The summed E-state index contributed by atoms with van der Waals surface area (Å²) in [6.45, 7) is 4.06. The molecule has 1 heterocycles. The van der Waals surface area contributed by atoms with Crippen LogP contribution in [0.5, 0.6) is 0 Å². The number of nitrogens with one attached hydrogen (secondary N) is 1. The number of nitro benzene ring substituents is 1. The van der Waals surface area contributed by atoms with E-state index < -0.39 is 34.1 Å². The van der Waals surface area contributed by atoms with Crippen LogP contribution in [-0.4, -0.2) is 16.7 Å².